The Morgan fingerprint density at radius 2 is 2.23 bits per heavy atom. The van der Waals surface area contributed by atoms with Gasteiger partial charge in [0.05, 0.1) is 5.69 Å². The van der Waals surface area contributed by atoms with Gasteiger partial charge in [-0.3, -0.25) is 14.9 Å². The average molecular weight is 355 g/mol. The van der Waals surface area contributed by atoms with Crippen molar-refractivity contribution in [1.29, 1.82) is 0 Å². The summed E-state index contributed by atoms with van der Waals surface area (Å²) >= 11 is 0. The van der Waals surface area contributed by atoms with Crippen LogP contribution in [0.3, 0.4) is 0 Å². The SMILES string of the molecule is O=C(O)c1c(OC2CN(Cc3cnccn3)C2)ccc2c1OB(O)CC2. The van der Waals surface area contributed by atoms with Gasteiger partial charge in [-0.2, -0.15) is 0 Å². The maximum Gasteiger partial charge on any atom is 0.522 e. The summed E-state index contributed by atoms with van der Waals surface area (Å²) in [7, 11) is -0.984. The Morgan fingerprint density at radius 3 is 2.96 bits per heavy atom. The maximum absolute atomic E-state index is 11.7. The summed E-state index contributed by atoms with van der Waals surface area (Å²) < 4.78 is 11.3. The van der Waals surface area contributed by atoms with Gasteiger partial charge in [0.15, 0.2) is 0 Å². The molecule has 1 aromatic heterocycles. The number of fused-ring (bicyclic) bond motifs is 1. The topological polar surface area (TPSA) is 105 Å². The number of benzene rings is 1. The molecule has 0 spiro atoms. The number of carboxylic acid groups (broad SMARTS) is 1. The van der Waals surface area contributed by atoms with Gasteiger partial charge in [0.1, 0.15) is 23.2 Å². The molecule has 2 aliphatic heterocycles. The third-order valence-corrected chi connectivity index (χ3v) is 4.55. The van der Waals surface area contributed by atoms with E-state index in [-0.39, 0.29) is 23.2 Å². The second-order valence-corrected chi connectivity index (χ2v) is 6.47. The van der Waals surface area contributed by atoms with Crippen molar-refractivity contribution in [2.24, 2.45) is 0 Å². The van der Waals surface area contributed by atoms with Crippen LogP contribution in [0.5, 0.6) is 11.5 Å². The van der Waals surface area contributed by atoms with Crippen molar-refractivity contribution in [2.75, 3.05) is 13.1 Å². The van der Waals surface area contributed by atoms with E-state index in [1.807, 2.05) is 0 Å². The highest BCUT2D eigenvalue weighted by atomic mass is 16.5. The Morgan fingerprint density at radius 1 is 1.38 bits per heavy atom. The number of carbonyl (C=O) groups is 1. The molecule has 4 rings (SSSR count). The van der Waals surface area contributed by atoms with Crippen LogP contribution in [-0.2, 0) is 13.0 Å². The van der Waals surface area contributed by atoms with Crippen molar-refractivity contribution in [3.63, 3.8) is 0 Å². The summed E-state index contributed by atoms with van der Waals surface area (Å²) in [4.78, 5) is 22.2. The zero-order valence-corrected chi connectivity index (χ0v) is 14.0. The molecule has 3 heterocycles. The highest BCUT2D eigenvalue weighted by molar-refractivity contribution is 6.44. The molecule has 1 fully saturated rings. The lowest BCUT2D eigenvalue weighted by Crippen LogP contribution is -2.53. The van der Waals surface area contributed by atoms with Crippen LogP contribution in [0.25, 0.3) is 0 Å². The smallest absolute Gasteiger partial charge is 0.522 e. The van der Waals surface area contributed by atoms with Gasteiger partial charge in [-0.1, -0.05) is 6.07 Å². The first-order chi connectivity index (χ1) is 12.6. The van der Waals surface area contributed by atoms with E-state index >= 15 is 0 Å². The molecule has 8 nitrogen and oxygen atoms in total. The molecule has 1 saturated heterocycles. The van der Waals surface area contributed by atoms with Crippen LogP contribution in [0.4, 0.5) is 0 Å². The van der Waals surface area contributed by atoms with Gasteiger partial charge >= 0.3 is 13.1 Å². The monoisotopic (exact) mass is 355 g/mol. The van der Waals surface area contributed by atoms with Gasteiger partial charge in [0.25, 0.3) is 0 Å². The number of hydrogen-bond acceptors (Lipinski definition) is 7. The quantitative estimate of drug-likeness (QED) is 0.761. The Hall–Kier alpha value is -2.65. The number of aromatic carboxylic acids is 1. The molecule has 2 N–H and O–H groups in total. The van der Waals surface area contributed by atoms with Crippen molar-refractivity contribution in [2.45, 2.75) is 25.4 Å². The molecule has 0 atom stereocenters. The number of likely N-dealkylation sites (tertiary alicyclic amines) is 1. The van der Waals surface area contributed by atoms with Crippen LogP contribution in [0.15, 0.2) is 30.7 Å². The molecule has 0 aliphatic carbocycles. The minimum absolute atomic E-state index is 0.0198. The summed E-state index contributed by atoms with van der Waals surface area (Å²) in [5, 5.41) is 19.3. The Kier molecular flexibility index (Phi) is 4.48. The lowest BCUT2D eigenvalue weighted by molar-refractivity contribution is 0.0127. The molecule has 0 radical (unpaired) electrons. The van der Waals surface area contributed by atoms with E-state index in [1.54, 1.807) is 30.7 Å². The lowest BCUT2D eigenvalue weighted by atomic mass is 9.78. The lowest BCUT2D eigenvalue weighted by Gasteiger charge is -2.39. The van der Waals surface area contributed by atoms with E-state index in [9.17, 15) is 14.9 Å². The molecular formula is C17H18BN3O5. The highest BCUT2D eigenvalue weighted by Crippen LogP contribution is 2.37. The summed E-state index contributed by atoms with van der Waals surface area (Å²) in [5.41, 5.74) is 1.64. The third kappa shape index (κ3) is 3.35. The van der Waals surface area contributed by atoms with E-state index in [4.69, 9.17) is 9.39 Å². The van der Waals surface area contributed by atoms with Gasteiger partial charge in [0, 0.05) is 38.2 Å². The first kappa shape index (κ1) is 16.8. The normalized spacial score (nSPS) is 17.2. The first-order valence-corrected chi connectivity index (χ1v) is 8.48. The van der Waals surface area contributed by atoms with Crippen molar-refractivity contribution < 1.29 is 24.3 Å². The third-order valence-electron chi connectivity index (χ3n) is 4.55. The standard InChI is InChI=1S/C17H18BN3O5/c22-17(23)15-14(2-1-11-3-4-18(24)26-16(11)15)25-13-9-21(10-13)8-12-7-19-5-6-20-12/h1-2,5-7,13,24H,3-4,8-10H2,(H,22,23). The zero-order valence-electron chi connectivity index (χ0n) is 14.0. The van der Waals surface area contributed by atoms with Crippen molar-refractivity contribution in [3.05, 3.63) is 47.5 Å². The largest absolute Gasteiger partial charge is 0.535 e. The van der Waals surface area contributed by atoms with Crippen molar-refractivity contribution in [1.82, 2.24) is 14.9 Å². The number of ether oxygens (including phenoxy) is 1. The summed E-state index contributed by atoms with van der Waals surface area (Å²) in [6, 6.07) is 3.48. The number of rotatable bonds is 5. The van der Waals surface area contributed by atoms with E-state index < -0.39 is 13.1 Å². The second-order valence-electron chi connectivity index (χ2n) is 6.47. The molecule has 26 heavy (non-hydrogen) atoms. The molecule has 0 bridgehead atoms. The number of aryl methyl sites for hydroxylation is 1. The zero-order chi connectivity index (χ0) is 18.1. The van der Waals surface area contributed by atoms with Crippen LogP contribution in [0.1, 0.15) is 21.6 Å². The first-order valence-electron chi connectivity index (χ1n) is 8.48. The number of aromatic nitrogens is 2. The molecule has 0 unspecified atom stereocenters. The molecular weight excluding hydrogens is 337 g/mol. The summed E-state index contributed by atoms with van der Waals surface area (Å²) in [6.07, 6.45) is 5.94. The van der Waals surface area contributed by atoms with E-state index in [2.05, 4.69) is 14.9 Å². The maximum atomic E-state index is 11.7. The van der Waals surface area contributed by atoms with E-state index in [0.717, 1.165) is 11.3 Å². The van der Waals surface area contributed by atoms with Crippen LogP contribution in [0.2, 0.25) is 6.32 Å². The number of carboxylic acids is 1. The van der Waals surface area contributed by atoms with E-state index in [0.29, 0.717) is 32.4 Å². The highest BCUT2D eigenvalue weighted by Gasteiger charge is 2.33. The summed E-state index contributed by atoms with van der Waals surface area (Å²) in [6.45, 7) is 2.03. The van der Waals surface area contributed by atoms with Crippen LogP contribution < -0.4 is 9.39 Å². The van der Waals surface area contributed by atoms with Crippen molar-refractivity contribution >= 4 is 13.1 Å². The Bertz CT molecular complexity index is 814. The molecule has 134 valence electrons. The van der Waals surface area contributed by atoms with Gasteiger partial charge in [-0.05, 0) is 24.4 Å². The molecule has 2 aliphatic rings. The molecule has 0 saturated carbocycles. The predicted octanol–water partition coefficient (Wildman–Crippen LogP) is 0.853. The predicted molar refractivity (Wildman–Crippen MR) is 92.2 cm³/mol. The fraction of sp³-hybridized carbons (Fsp3) is 0.353. The van der Waals surface area contributed by atoms with Crippen LogP contribution in [-0.4, -0.2) is 57.3 Å². The van der Waals surface area contributed by atoms with Gasteiger partial charge in [0.2, 0.25) is 0 Å². The number of hydrogen-bond donors (Lipinski definition) is 2. The van der Waals surface area contributed by atoms with Crippen LogP contribution in [0, 0.1) is 0 Å². The minimum atomic E-state index is -1.12. The molecule has 2 aromatic rings. The Labute approximate surface area is 150 Å². The summed E-state index contributed by atoms with van der Waals surface area (Å²) in [5.74, 6) is -0.638. The molecule has 0 amide bonds. The number of nitrogens with zero attached hydrogens (tertiary/aromatic N) is 3. The second kappa shape index (κ2) is 6.93. The van der Waals surface area contributed by atoms with Gasteiger partial charge < -0.3 is 19.5 Å². The minimum Gasteiger partial charge on any atom is -0.535 e. The van der Waals surface area contributed by atoms with Gasteiger partial charge in [-0.25, -0.2) is 4.79 Å². The Balaban J connectivity index is 1.44. The fourth-order valence-corrected chi connectivity index (χ4v) is 3.26. The molecule has 9 heteroatoms. The molecule has 1 aromatic carbocycles. The van der Waals surface area contributed by atoms with Gasteiger partial charge in [-0.15, -0.1) is 0 Å². The fourth-order valence-electron chi connectivity index (χ4n) is 3.26. The van der Waals surface area contributed by atoms with E-state index in [1.165, 1.54) is 0 Å². The van der Waals surface area contributed by atoms with Crippen LogP contribution >= 0.6 is 0 Å². The average Bonchev–Trinajstić information content (AvgIpc) is 2.60. The van der Waals surface area contributed by atoms with Crippen molar-refractivity contribution in [3.8, 4) is 11.5 Å².